The van der Waals surface area contributed by atoms with E-state index in [1.807, 2.05) is 6.92 Å². The number of nitrogens with one attached hydrogen (secondary N) is 1. The molecule has 1 heterocycles. The van der Waals surface area contributed by atoms with Crippen LogP contribution in [0.3, 0.4) is 0 Å². The molecule has 0 saturated heterocycles. The normalized spacial score (nSPS) is 11.1. The molecule has 0 bridgehead atoms. The van der Waals surface area contributed by atoms with E-state index < -0.39 is 14.9 Å². The van der Waals surface area contributed by atoms with Crippen molar-refractivity contribution in [3.05, 3.63) is 82.5 Å². The zero-order chi connectivity index (χ0) is 18.7. The minimum atomic E-state index is -3.77. The highest BCUT2D eigenvalue weighted by atomic mass is 32.2. The van der Waals surface area contributed by atoms with Gasteiger partial charge in [-0.2, -0.15) is 0 Å². The Labute approximate surface area is 150 Å². The van der Waals surface area contributed by atoms with E-state index in [0.717, 1.165) is 11.8 Å². The molecule has 7 nitrogen and oxygen atoms in total. The molecule has 0 aliphatic carbocycles. The van der Waals surface area contributed by atoms with Gasteiger partial charge in [0.2, 0.25) is 0 Å². The summed E-state index contributed by atoms with van der Waals surface area (Å²) in [5, 5.41) is 10.8. The summed E-state index contributed by atoms with van der Waals surface area (Å²) in [4.78, 5) is 14.4. The molecule has 3 rings (SSSR count). The average Bonchev–Trinajstić information content (AvgIpc) is 2.62. The number of hydrogen-bond donors (Lipinski definition) is 1. The lowest BCUT2D eigenvalue weighted by molar-refractivity contribution is -0.385. The van der Waals surface area contributed by atoms with Crippen molar-refractivity contribution in [3.63, 3.8) is 0 Å². The van der Waals surface area contributed by atoms with Crippen molar-refractivity contribution in [2.75, 3.05) is 4.72 Å². The number of anilines is 1. The Morgan fingerprint density at radius 1 is 1.00 bits per heavy atom. The standard InChI is InChI=1S/C18H15N3O4S/c1-13-6-9-15(10-7-13)26(24,25)20-18-5-3-2-4-16(18)17-11-8-14(12-19-17)21(22)23/h2-12,20H,1H3. The van der Waals surface area contributed by atoms with Crippen molar-refractivity contribution < 1.29 is 13.3 Å². The third-order valence-electron chi connectivity index (χ3n) is 3.74. The highest BCUT2D eigenvalue weighted by molar-refractivity contribution is 7.92. The first-order valence-corrected chi connectivity index (χ1v) is 9.14. The van der Waals surface area contributed by atoms with E-state index in [-0.39, 0.29) is 10.6 Å². The van der Waals surface area contributed by atoms with Gasteiger partial charge in [0.25, 0.3) is 15.7 Å². The second-order valence-electron chi connectivity index (χ2n) is 5.62. The van der Waals surface area contributed by atoms with E-state index in [9.17, 15) is 18.5 Å². The summed E-state index contributed by atoms with van der Waals surface area (Å²) < 4.78 is 27.8. The number of pyridine rings is 1. The fraction of sp³-hybridized carbons (Fsp3) is 0.0556. The topological polar surface area (TPSA) is 102 Å². The van der Waals surface area contributed by atoms with Crippen LogP contribution in [-0.4, -0.2) is 18.3 Å². The van der Waals surface area contributed by atoms with E-state index in [1.165, 1.54) is 24.3 Å². The Morgan fingerprint density at radius 3 is 2.31 bits per heavy atom. The fourth-order valence-electron chi connectivity index (χ4n) is 2.37. The lowest BCUT2D eigenvalue weighted by Gasteiger charge is -2.12. The average molecular weight is 369 g/mol. The highest BCUT2D eigenvalue weighted by Gasteiger charge is 2.17. The van der Waals surface area contributed by atoms with Crippen LogP contribution in [-0.2, 0) is 10.0 Å². The first kappa shape index (κ1) is 17.6. The zero-order valence-electron chi connectivity index (χ0n) is 13.8. The van der Waals surface area contributed by atoms with Crippen LogP contribution in [0.5, 0.6) is 0 Å². The van der Waals surface area contributed by atoms with Crippen LogP contribution < -0.4 is 4.72 Å². The number of para-hydroxylation sites is 1. The summed E-state index contributed by atoms with van der Waals surface area (Å²) in [6.07, 6.45) is 1.14. The van der Waals surface area contributed by atoms with Crippen LogP contribution in [0.1, 0.15) is 5.56 Å². The number of aromatic nitrogens is 1. The molecule has 0 atom stereocenters. The molecule has 0 spiro atoms. The van der Waals surface area contributed by atoms with Gasteiger partial charge in [-0.25, -0.2) is 13.4 Å². The molecule has 26 heavy (non-hydrogen) atoms. The maximum absolute atomic E-state index is 12.6. The molecule has 0 fully saturated rings. The number of nitro groups is 1. The van der Waals surface area contributed by atoms with Gasteiger partial charge >= 0.3 is 0 Å². The van der Waals surface area contributed by atoms with E-state index in [0.29, 0.717) is 16.9 Å². The Bertz CT molecular complexity index is 1050. The first-order chi connectivity index (χ1) is 12.4. The van der Waals surface area contributed by atoms with Gasteiger partial charge in [-0.05, 0) is 31.2 Å². The van der Waals surface area contributed by atoms with Gasteiger partial charge in [-0.15, -0.1) is 0 Å². The third-order valence-corrected chi connectivity index (χ3v) is 5.12. The minimum absolute atomic E-state index is 0.133. The monoisotopic (exact) mass is 369 g/mol. The van der Waals surface area contributed by atoms with Crippen molar-refractivity contribution in [2.24, 2.45) is 0 Å². The Kier molecular flexibility index (Phi) is 4.68. The first-order valence-electron chi connectivity index (χ1n) is 7.66. The molecule has 0 aliphatic heterocycles. The number of rotatable bonds is 5. The number of hydrogen-bond acceptors (Lipinski definition) is 5. The van der Waals surface area contributed by atoms with Crippen LogP contribution >= 0.6 is 0 Å². The van der Waals surface area contributed by atoms with Crippen LogP contribution in [0.4, 0.5) is 11.4 Å². The Hall–Kier alpha value is -3.26. The molecular weight excluding hydrogens is 354 g/mol. The quantitative estimate of drug-likeness (QED) is 0.545. The molecule has 3 aromatic rings. The van der Waals surface area contributed by atoms with Crippen LogP contribution in [0.25, 0.3) is 11.3 Å². The number of aryl methyl sites for hydroxylation is 1. The summed E-state index contributed by atoms with van der Waals surface area (Å²) in [6, 6.07) is 16.1. The van der Waals surface area contributed by atoms with Crippen molar-refractivity contribution in [1.29, 1.82) is 0 Å². The maximum Gasteiger partial charge on any atom is 0.287 e. The van der Waals surface area contributed by atoms with Crippen LogP contribution in [0.2, 0.25) is 0 Å². The molecule has 0 amide bonds. The van der Waals surface area contributed by atoms with Gasteiger partial charge in [0.05, 0.1) is 21.2 Å². The van der Waals surface area contributed by atoms with E-state index in [2.05, 4.69) is 9.71 Å². The van der Waals surface area contributed by atoms with Gasteiger partial charge in [0, 0.05) is 11.6 Å². The number of sulfonamides is 1. The van der Waals surface area contributed by atoms with E-state index in [1.54, 1.807) is 36.4 Å². The smallest absolute Gasteiger partial charge is 0.279 e. The largest absolute Gasteiger partial charge is 0.287 e. The van der Waals surface area contributed by atoms with Crippen molar-refractivity contribution in [3.8, 4) is 11.3 Å². The van der Waals surface area contributed by atoms with Gasteiger partial charge in [-0.3, -0.25) is 14.8 Å². The SMILES string of the molecule is Cc1ccc(S(=O)(=O)Nc2ccccc2-c2ccc([N+](=O)[O-])cn2)cc1. The van der Waals surface area contributed by atoms with Crippen molar-refractivity contribution in [1.82, 2.24) is 4.98 Å². The zero-order valence-corrected chi connectivity index (χ0v) is 14.6. The van der Waals surface area contributed by atoms with Gasteiger partial charge in [0.1, 0.15) is 6.20 Å². The molecule has 0 aliphatic rings. The summed E-state index contributed by atoms with van der Waals surface area (Å²) in [5.74, 6) is 0. The molecule has 1 N–H and O–H groups in total. The predicted octanol–water partition coefficient (Wildman–Crippen LogP) is 3.77. The van der Waals surface area contributed by atoms with E-state index >= 15 is 0 Å². The lowest BCUT2D eigenvalue weighted by Crippen LogP contribution is -2.13. The molecule has 0 unspecified atom stereocenters. The summed E-state index contributed by atoms with van der Waals surface area (Å²) in [6.45, 7) is 1.87. The van der Waals surface area contributed by atoms with Crippen LogP contribution in [0.15, 0.2) is 71.8 Å². The van der Waals surface area contributed by atoms with Crippen LogP contribution in [0, 0.1) is 17.0 Å². The molecular formula is C18H15N3O4S. The van der Waals surface area contributed by atoms with Crippen molar-refractivity contribution >= 4 is 21.4 Å². The highest BCUT2D eigenvalue weighted by Crippen LogP contribution is 2.29. The number of nitrogens with zero attached hydrogens (tertiary/aromatic N) is 2. The summed E-state index contributed by atoms with van der Waals surface area (Å²) >= 11 is 0. The fourth-order valence-corrected chi connectivity index (χ4v) is 3.45. The Morgan fingerprint density at radius 2 is 1.69 bits per heavy atom. The van der Waals surface area contributed by atoms with Gasteiger partial charge in [-0.1, -0.05) is 35.9 Å². The lowest BCUT2D eigenvalue weighted by atomic mass is 10.1. The summed E-state index contributed by atoms with van der Waals surface area (Å²) in [5.41, 5.74) is 2.12. The Balaban J connectivity index is 1.97. The number of benzene rings is 2. The third kappa shape index (κ3) is 3.70. The van der Waals surface area contributed by atoms with Crippen molar-refractivity contribution in [2.45, 2.75) is 11.8 Å². The molecule has 1 aromatic heterocycles. The summed E-state index contributed by atoms with van der Waals surface area (Å²) in [7, 11) is -3.77. The molecule has 8 heteroatoms. The minimum Gasteiger partial charge on any atom is -0.279 e. The maximum atomic E-state index is 12.6. The van der Waals surface area contributed by atoms with Gasteiger partial charge in [0.15, 0.2) is 0 Å². The second-order valence-corrected chi connectivity index (χ2v) is 7.31. The predicted molar refractivity (Wildman–Crippen MR) is 98.3 cm³/mol. The molecule has 2 aromatic carbocycles. The molecule has 0 radical (unpaired) electrons. The molecule has 0 saturated carbocycles. The van der Waals surface area contributed by atoms with Gasteiger partial charge < -0.3 is 0 Å². The second kappa shape index (κ2) is 6.93. The molecule has 132 valence electrons. The van der Waals surface area contributed by atoms with E-state index in [4.69, 9.17) is 0 Å².